The fraction of sp³-hybridized carbons (Fsp3) is 0.333. The summed E-state index contributed by atoms with van der Waals surface area (Å²) in [5.74, 6) is 0.961. The van der Waals surface area contributed by atoms with Crippen LogP contribution in [0.4, 0.5) is 0 Å². The zero-order chi connectivity index (χ0) is 27.3. The van der Waals surface area contributed by atoms with E-state index in [9.17, 15) is 9.59 Å². The molecule has 0 saturated heterocycles. The van der Waals surface area contributed by atoms with Gasteiger partial charge < -0.3 is 24.4 Å². The smallest absolute Gasteiger partial charge is 0.261 e. The van der Waals surface area contributed by atoms with E-state index >= 15 is 0 Å². The van der Waals surface area contributed by atoms with Gasteiger partial charge in [0, 0.05) is 42.7 Å². The second-order valence-corrected chi connectivity index (χ2v) is 9.28. The molecule has 0 aliphatic heterocycles. The molecule has 2 amide bonds. The summed E-state index contributed by atoms with van der Waals surface area (Å²) in [6.07, 6.45) is 2.16. The number of nitrogens with one attached hydrogen (secondary N) is 1. The number of unbranched alkanes of at least 4 members (excludes halogenated alkanes) is 1. The van der Waals surface area contributed by atoms with E-state index in [1.165, 1.54) is 0 Å². The number of ether oxygens (including phenoxy) is 3. The van der Waals surface area contributed by atoms with Gasteiger partial charge in [-0.25, -0.2) is 0 Å². The lowest BCUT2D eigenvalue weighted by Crippen LogP contribution is -2.51. The van der Waals surface area contributed by atoms with Crippen LogP contribution in [-0.4, -0.2) is 50.1 Å². The molecule has 0 radical (unpaired) electrons. The Kier molecular flexibility index (Phi) is 11.3. The van der Waals surface area contributed by atoms with Crippen LogP contribution in [0.25, 0.3) is 0 Å². The summed E-state index contributed by atoms with van der Waals surface area (Å²) in [4.78, 5) is 28.7. The van der Waals surface area contributed by atoms with Crippen LogP contribution in [0.2, 0.25) is 5.02 Å². The minimum atomic E-state index is -0.746. The third-order valence-electron chi connectivity index (χ3n) is 6.03. The number of benzene rings is 3. The number of carbonyl (C=O) groups excluding carboxylic acids is 2. The fourth-order valence-corrected chi connectivity index (χ4v) is 4.20. The monoisotopic (exact) mass is 538 g/mol. The Hall–Kier alpha value is -3.71. The van der Waals surface area contributed by atoms with Crippen molar-refractivity contribution in [2.75, 3.05) is 27.4 Å². The number of rotatable bonds is 14. The summed E-state index contributed by atoms with van der Waals surface area (Å²) >= 11 is 6.23. The summed E-state index contributed by atoms with van der Waals surface area (Å²) < 4.78 is 16.5. The number of nitrogens with zero attached hydrogens (tertiary/aromatic N) is 1. The van der Waals surface area contributed by atoms with Crippen molar-refractivity contribution in [1.29, 1.82) is 0 Å². The maximum Gasteiger partial charge on any atom is 0.261 e. The molecule has 0 spiro atoms. The van der Waals surface area contributed by atoms with Crippen LogP contribution in [-0.2, 0) is 22.6 Å². The summed E-state index contributed by atoms with van der Waals surface area (Å²) in [5, 5.41) is 3.56. The predicted octanol–water partition coefficient (Wildman–Crippen LogP) is 5.29. The molecule has 0 aliphatic carbocycles. The van der Waals surface area contributed by atoms with Gasteiger partial charge in [0.15, 0.2) is 6.61 Å². The van der Waals surface area contributed by atoms with Crippen molar-refractivity contribution in [1.82, 2.24) is 10.2 Å². The van der Waals surface area contributed by atoms with Crippen molar-refractivity contribution in [2.24, 2.45) is 0 Å². The molecule has 0 aliphatic rings. The molecule has 0 saturated carbocycles. The SMILES string of the molecule is CCCCNC(=O)C(Cc1ccccc1)N(Cc1cccc(Cl)c1)C(=O)COc1cc(OC)cc(OC)c1. The van der Waals surface area contributed by atoms with Crippen LogP contribution >= 0.6 is 11.6 Å². The lowest BCUT2D eigenvalue weighted by molar-refractivity contribution is -0.142. The Balaban J connectivity index is 1.90. The van der Waals surface area contributed by atoms with Gasteiger partial charge in [0.25, 0.3) is 5.91 Å². The summed E-state index contributed by atoms with van der Waals surface area (Å²) in [6.45, 7) is 2.53. The van der Waals surface area contributed by atoms with Gasteiger partial charge in [-0.05, 0) is 29.7 Å². The van der Waals surface area contributed by atoms with E-state index in [4.69, 9.17) is 25.8 Å². The van der Waals surface area contributed by atoms with Crippen molar-refractivity contribution in [2.45, 2.75) is 38.8 Å². The van der Waals surface area contributed by atoms with Crippen LogP contribution in [0.1, 0.15) is 30.9 Å². The van der Waals surface area contributed by atoms with Gasteiger partial charge in [-0.3, -0.25) is 9.59 Å². The first kappa shape index (κ1) is 28.9. The molecule has 0 aromatic heterocycles. The van der Waals surface area contributed by atoms with Gasteiger partial charge in [0.2, 0.25) is 5.91 Å². The third-order valence-corrected chi connectivity index (χ3v) is 6.26. The Bertz CT molecular complexity index is 1170. The average Bonchev–Trinajstić information content (AvgIpc) is 2.94. The number of amides is 2. The second kappa shape index (κ2) is 14.9. The highest BCUT2D eigenvalue weighted by Crippen LogP contribution is 2.27. The number of hydrogen-bond acceptors (Lipinski definition) is 5. The van der Waals surface area contributed by atoms with Crippen molar-refractivity contribution in [3.05, 3.63) is 88.9 Å². The third kappa shape index (κ3) is 8.70. The average molecular weight is 539 g/mol. The van der Waals surface area contributed by atoms with Gasteiger partial charge in [0.05, 0.1) is 14.2 Å². The van der Waals surface area contributed by atoms with Crippen molar-refractivity contribution >= 4 is 23.4 Å². The first-order valence-corrected chi connectivity index (χ1v) is 13.0. The first-order chi connectivity index (χ1) is 18.4. The largest absolute Gasteiger partial charge is 0.496 e. The summed E-state index contributed by atoms with van der Waals surface area (Å²) in [5.41, 5.74) is 1.76. The molecule has 0 fully saturated rings. The van der Waals surface area contributed by atoms with E-state index in [2.05, 4.69) is 12.2 Å². The molecule has 202 valence electrons. The van der Waals surface area contributed by atoms with Crippen molar-refractivity contribution < 1.29 is 23.8 Å². The molecule has 0 heterocycles. The molecular formula is C30H35ClN2O5. The minimum Gasteiger partial charge on any atom is -0.496 e. The summed E-state index contributed by atoms with van der Waals surface area (Å²) in [6, 6.07) is 21.3. The van der Waals surface area contributed by atoms with Crippen LogP contribution < -0.4 is 19.5 Å². The van der Waals surface area contributed by atoms with Crippen LogP contribution in [0, 0.1) is 0 Å². The predicted molar refractivity (Wildman–Crippen MR) is 149 cm³/mol. The van der Waals surface area contributed by atoms with Crippen molar-refractivity contribution in [3.8, 4) is 17.2 Å². The highest BCUT2D eigenvalue weighted by molar-refractivity contribution is 6.30. The summed E-state index contributed by atoms with van der Waals surface area (Å²) in [7, 11) is 3.09. The quantitative estimate of drug-likeness (QED) is 0.282. The Labute approximate surface area is 229 Å². The van der Waals surface area contributed by atoms with Crippen LogP contribution in [0.3, 0.4) is 0 Å². The van der Waals surface area contributed by atoms with E-state index in [-0.39, 0.29) is 25.0 Å². The lowest BCUT2D eigenvalue weighted by atomic mass is 10.0. The number of halogens is 1. The lowest BCUT2D eigenvalue weighted by Gasteiger charge is -2.31. The van der Waals surface area contributed by atoms with Gasteiger partial charge in [-0.2, -0.15) is 0 Å². The van der Waals surface area contributed by atoms with E-state index in [0.29, 0.717) is 35.2 Å². The van der Waals surface area contributed by atoms with E-state index in [0.717, 1.165) is 24.0 Å². The van der Waals surface area contributed by atoms with Gasteiger partial charge >= 0.3 is 0 Å². The minimum absolute atomic E-state index is 0.197. The van der Waals surface area contributed by atoms with E-state index < -0.39 is 6.04 Å². The standard InChI is InChI=1S/C30H35ClN2O5/c1-4-5-14-32-30(35)28(16-22-10-7-6-8-11-22)33(20-23-12-9-13-24(31)15-23)29(34)21-38-27-18-25(36-2)17-26(19-27)37-3/h6-13,15,17-19,28H,4-5,14,16,20-21H2,1-3H3,(H,32,35). The molecule has 3 aromatic carbocycles. The topological polar surface area (TPSA) is 77.1 Å². The molecule has 1 unspecified atom stereocenters. The first-order valence-electron chi connectivity index (χ1n) is 12.6. The molecule has 8 heteroatoms. The zero-order valence-corrected chi connectivity index (χ0v) is 22.9. The molecular weight excluding hydrogens is 504 g/mol. The van der Waals surface area contributed by atoms with Crippen LogP contribution in [0.5, 0.6) is 17.2 Å². The number of methoxy groups -OCH3 is 2. The zero-order valence-electron chi connectivity index (χ0n) is 22.1. The Morgan fingerprint density at radius 1 is 0.895 bits per heavy atom. The maximum atomic E-state index is 13.7. The van der Waals surface area contributed by atoms with Crippen LogP contribution in [0.15, 0.2) is 72.8 Å². The molecule has 38 heavy (non-hydrogen) atoms. The molecule has 0 bridgehead atoms. The highest BCUT2D eigenvalue weighted by atomic mass is 35.5. The fourth-order valence-electron chi connectivity index (χ4n) is 3.98. The normalized spacial score (nSPS) is 11.4. The molecule has 3 rings (SSSR count). The van der Waals surface area contributed by atoms with E-state index in [1.807, 2.05) is 42.5 Å². The van der Waals surface area contributed by atoms with Gasteiger partial charge in [-0.15, -0.1) is 0 Å². The Morgan fingerprint density at radius 3 is 2.18 bits per heavy atom. The van der Waals surface area contributed by atoms with Gasteiger partial charge in [-0.1, -0.05) is 67.4 Å². The van der Waals surface area contributed by atoms with E-state index in [1.54, 1.807) is 49.5 Å². The number of carbonyl (C=O) groups is 2. The highest BCUT2D eigenvalue weighted by Gasteiger charge is 2.30. The second-order valence-electron chi connectivity index (χ2n) is 8.84. The van der Waals surface area contributed by atoms with Crippen molar-refractivity contribution in [3.63, 3.8) is 0 Å². The Morgan fingerprint density at radius 2 is 1.55 bits per heavy atom. The molecule has 1 atom stereocenters. The number of hydrogen-bond donors (Lipinski definition) is 1. The molecule has 1 N–H and O–H groups in total. The molecule has 7 nitrogen and oxygen atoms in total. The molecule has 3 aromatic rings. The maximum absolute atomic E-state index is 13.7. The van der Waals surface area contributed by atoms with Gasteiger partial charge in [0.1, 0.15) is 23.3 Å².